The van der Waals surface area contributed by atoms with Gasteiger partial charge < -0.3 is 40.3 Å². The number of piperazine rings is 1. The smallest absolute Gasteiger partial charge is 0.253 e. The monoisotopic (exact) mass is 1010 g/mol. The molecule has 3 fully saturated rings. The van der Waals surface area contributed by atoms with Gasteiger partial charge in [0.2, 0.25) is 17.7 Å². The van der Waals surface area contributed by atoms with E-state index in [2.05, 4.69) is 69.5 Å². The Balaban J connectivity index is 0.838. The summed E-state index contributed by atoms with van der Waals surface area (Å²) in [7, 11) is 0. The number of aliphatic hydroxyl groups excluding tert-OH is 1. The molecule has 1 aliphatic carbocycles. The molecule has 0 unspecified atom stereocenters. The minimum atomic E-state index is -0.966. The molecule has 16 nitrogen and oxygen atoms in total. The number of aryl methyl sites for hydroxylation is 1. The molecule has 380 valence electrons. The summed E-state index contributed by atoms with van der Waals surface area (Å²) in [5.74, 6) is -0.0892. The van der Waals surface area contributed by atoms with Gasteiger partial charge in [0.05, 0.1) is 51.0 Å². The van der Waals surface area contributed by atoms with Crippen LogP contribution in [-0.4, -0.2) is 131 Å². The SMILES string of the molecule is CC[C@H](NC(=O)[C@@H]1C[C@@H](O)CN1C(=O)[C@@H](NC(=O)COCCN1CCN(c2ccc(C(=O)N[C@H]3C(C)(C)[C@H](Oc4ccc(C#N)c(Cl)c4)C3(C)C)cn2)CC1)C(C)(C)C)c1ccc(-c2scnc2C)cc1. The first-order chi connectivity index (χ1) is 33.6. The molecule has 4 atom stereocenters. The van der Waals surface area contributed by atoms with Crippen molar-refractivity contribution in [3.63, 3.8) is 0 Å². The van der Waals surface area contributed by atoms with E-state index in [0.717, 1.165) is 53.7 Å². The standard InChI is InChI=1S/C53H68ClN9O7S/c1-10-40(33-11-13-34(14-12-33)44-32(2)57-31-71-44)58-47(67)41-25-37(64)29-63(41)48(68)45(51(3,4)5)59-43(65)30-69-24-23-61-19-21-62(22-20-61)42-18-16-36(28-56-42)46(66)60-49-52(6,7)50(53(49,8)9)70-38-17-15-35(27-55)39(54)26-38/h11-18,26,28,31,37,40-41,45,49-50,64H,10,19-25,29-30H2,1-9H3,(H,58,67)(H,59,65)(H,60,66)/t37-,40+,41+,45-,49-,50-/m1/s1. The van der Waals surface area contributed by atoms with Crippen molar-refractivity contribution in [3.8, 4) is 22.3 Å². The quantitative estimate of drug-likeness (QED) is 0.0833. The molecule has 71 heavy (non-hydrogen) atoms. The third-order valence-corrected chi connectivity index (χ3v) is 15.5. The first-order valence-corrected chi connectivity index (χ1v) is 25.6. The summed E-state index contributed by atoms with van der Waals surface area (Å²) in [5.41, 5.74) is 4.11. The number of rotatable bonds is 17. The van der Waals surface area contributed by atoms with Gasteiger partial charge in [0.15, 0.2) is 0 Å². The molecule has 0 radical (unpaired) electrons. The highest BCUT2D eigenvalue weighted by molar-refractivity contribution is 7.13. The summed E-state index contributed by atoms with van der Waals surface area (Å²) in [6.07, 6.45) is 1.23. The number of carbonyl (C=O) groups is 4. The highest BCUT2D eigenvalue weighted by Gasteiger charge is 2.64. The topological polar surface area (TPSA) is 202 Å². The molecule has 2 aromatic heterocycles. The number of benzene rings is 2. The zero-order chi connectivity index (χ0) is 51.4. The molecule has 2 aromatic carbocycles. The largest absolute Gasteiger partial charge is 0.489 e. The molecule has 2 saturated heterocycles. The minimum absolute atomic E-state index is 0.0166. The maximum Gasteiger partial charge on any atom is 0.253 e. The van der Waals surface area contributed by atoms with Gasteiger partial charge in [0.1, 0.15) is 42.4 Å². The number of pyridine rings is 1. The maximum atomic E-state index is 14.2. The Labute approximate surface area is 426 Å². The van der Waals surface area contributed by atoms with Gasteiger partial charge in [-0.25, -0.2) is 9.97 Å². The van der Waals surface area contributed by atoms with Crippen LogP contribution in [0, 0.1) is 34.5 Å². The third-order valence-electron chi connectivity index (χ3n) is 14.2. The molecule has 4 heterocycles. The van der Waals surface area contributed by atoms with Crippen molar-refractivity contribution in [3.05, 3.63) is 93.7 Å². The van der Waals surface area contributed by atoms with Crippen molar-refractivity contribution in [2.45, 2.75) is 112 Å². The Hall–Kier alpha value is -5.64. The molecule has 2 aliphatic heterocycles. The molecule has 3 aliphatic rings. The summed E-state index contributed by atoms with van der Waals surface area (Å²) in [6, 6.07) is 16.5. The molecule has 0 spiro atoms. The van der Waals surface area contributed by atoms with Crippen LogP contribution in [0.3, 0.4) is 0 Å². The van der Waals surface area contributed by atoms with Gasteiger partial charge in [-0.15, -0.1) is 11.3 Å². The van der Waals surface area contributed by atoms with Gasteiger partial charge in [-0.3, -0.25) is 24.1 Å². The molecular weight excluding hydrogens is 942 g/mol. The van der Waals surface area contributed by atoms with Gasteiger partial charge in [-0.1, -0.05) is 91.3 Å². The van der Waals surface area contributed by atoms with Crippen LogP contribution in [-0.2, 0) is 19.1 Å². The molecular formula is C53H68ClN9O7S. The Morgan fingerprint density at radius 1 is 0.986 bits per heavy atom. The van der Waals surface area contributed by atoms with E-state index in [0.29, 0.717) is 41.5 Å². The van der Waals surface area contributed by atoms with Crippen molar-refractivity contribution in [1.82, 2.24) is 35.7 Å². The van der Waals surface area contributed by atoms with E-state index in [-0.39, 0.29) is 49.6 Å². The van der Waals surface area contributed by atoms with E-state index in [1.165, 1.54) is 4.90 Å². The zero-order valence-corrected chi connectivity index (χ0v) is 43.8. The molecule has 18 heteroatoms. The molecule has 4 N–H and O–H groups in total. The van der Waals surface area contributed by atoms with Crippen LogP contribution in [0.25, 0.3) is 10.4 Å². The van der Waals surface area contributed by atoms with Crippen LogP contribution in [0.15, 0.2) is 66.3 Å². The lowest BCUT2D eigenvalue weighted by atomic mass is 9.49. The molecule has 4 amide bonds. The van der Waals surface area contributed by atoms with E-state index in [1.54, 1.807) is 41.8 Å². The predicted octanol–water partition coefficient (Wildman–Crippen LogP) is 6.55. The number of hydrogen-bond acceptors (Lipinski definition) is 13. The Morgan fingerprint density at radius 3 is 2.28 bits per heavy atom. The van der Waals surface area contributed by atoms with Crippen LogP contribution in [0.2, 0.25) is 5.02 Å². The number of aromatic nitrogens is 2. The number of β-amino-alcohol motifs (C(OH)–C–C–N with tert-alkyl or cyclic N) is 1. The first kappa shape index (κ1) is 53.2. The predicted molar refractivity (Wildman–Crippen MR) is 274 cm³/mol. The average Bonchev–Trinajstić information content (AvgIpc) is 3.96. The highest BCUT2D eigenvalue weighted by atomic mass is 35.5. The van der Waals surface area contributed by atoms with E-state index in [9.17, 15) is 29.5 Å². The first-order valence-electron chi connectivity index (χ1n) is 24.4. The maximum absolute atomic E-state index is 14.2. The van der Waals surface area contributed by atoms with Crippen LogP contribution >= 0.6 is 22.9 Å². The minimum Gasteiger partial charge on any atom is -0.489 e. The lowest BCUT2D eigenvalue weighted by Crippen LogP contribution is -2.74. The number of thiazole rings is 1. The van der Waals surface area contributed by atoms with Crippen LogP contribution < -0.4 is 25.6 Å². The fourth-order valence-corrected chi connectivity index (χ4v) is 11.6. The fraction of sp³-hybridized carbons (Fsp3) is 0.528. The fourth-order valence-electron chi connectivity index (χ4n) is 10.5. The summed E-state index contributed by atoms with van der Waals surface area (Å²) in [5, 5.41) is 29.5. The van der Waals surface area contributed by atoms with E-state index >= 15 is 0 Å². The number of ether oxygens (including phenoxy) is 2. The van der Waals surface area contributed by atoms with Gasteiger partial charge in [0, 0.05) is 74.8 Å². The summed E-state index contributed by atoms with van der Waals surface area (Å²) in [6.45, 7) is 21.4. The lowest BCUT2D eigenvalue weighted by molar-refractivity contribution is -0.164. The molecule has 1 saturated carbocycles. The number of nitrogens with zero attached hydrogens (tertiary/aromatic N) is 6. The zero-order valence-electron chi connectivity index (χ0n) is 42.3. The number of amides is 4. The number of aliphatic hydroxyl groups is 1. The summed E-state index contributed by atoms with van der Waals surface area (Å²) >= 11 is 7.84. The summed E-state index contributed by atoms with van der Waals surface area (Å²) in [4.78, 5) is 70.8. The van der Waals surface area contributed by atoms with Crippen molar-refractivity contribution in [1.29, 1.82) is 5.26 Å². The molecule has 4 aromatic rings. The number of carbonyl (C=O) groups excluding carboxylic acids is 4. The second-order valence-electron chi connectivity index (χ2n) is 21.2. The Kier molecular flexibility index (Phi) is 16.5. The van der Waals surface area contributed by atoms with E-state index in [4.69, 9.17) is 21.1 Å². The number of nitriles is 1. The Morgan fingerprint density at radius 2 is 1.69 bits per heavy atom. The highest BCUT2D eigenvalue weighted by Crippen LogP contribution is 2.55. The number of nitrogens with one attached hydrogen (secondary N) is 3. The number of likely N-dealkylation sites (tertiary alicyclic amines) is 1. The number of hydrogen-bond donors (Lipinski definition) is 4. The molecule has 7 rings (SSSR count). The van der Waals surface area contributed by atoms with Gasteiger partial charge in [0.25, 0.3) is 5.91 Å². The van der Waals surface area contributed by atoms with Crippen LogP contribution in [0.4, 0.5) is 5.82 Å². The van der Waals surface area contributed by atoms with Crippen LogP contribution in [0.5, 0.6) is 5.75 Å². The van der Waals surface area contributed by atoms with Crippen molar-refractivity contribution in [2.75, 3.05) is 57.4 Å². The second-order valence-corrected chi connectivity index (χ2v) is 22.5. The van der Waals surface area contributed by atoms with E-state index < -0.39 is 46.2 Å². The van der Waals surface area contributed by atoms with E-state index in [1.807, 2.05) is 70.5 Å². The third kappa shape index (κ3) is 12.0. The second kappa shape index (κ2) is 22.0. The van der Waals surface area contributed by atoms with Crippen molar-refractivity contribution < 1.29 is 33.8 Å². The molecule has 0 bridgehead atoms. The lowest BCUT2D eigenvalue weighted by Gasteiger charge is -2.63. The normalized spacial score (nSPS) is 21.6. The Bertz CT molecular complexity index is 2570. The van der Waals surface area contributed by atoms with Crippen LogP contribution in [0.1, 0.15) is 101 Å². The number of halogens is 1. The van der Waals surface area contributed by atoms with Crippen molar-refractivity contribution >= 4 is 52.4 Å². The number of anilines is 1. The van der Waals surface area contributed by atoms with Crippen molar-refractivity contribution in [2.24, 2.45) is 16.2 Å². The van der Waals surface area contributed by atoms with Gasteiger partial charge in [-0.2, -0.15) is 5.26 Å². The van der Waals surface area contributed by atoms with Gasteiger partial charge in [-0.05, 0) is 54.2 Å². The average molecular weight is 1010 g/mol. The summed E-state index contributed by atoms with van der Waals surface area (Å²) < 4.78 is 12.2. The van der Waals surface area contributed by atoms with Gasteiger partial charge >= 0.3 is 0 Å².